The summed E-state index contributed by atoms with van der Waals surface area (Å²) in [5.41, 5.74) is -0.524. The minimum absolute atomic E-state index is 0.0130. The van der Waals surface area contributed by atoms with Gasteiger partial charge in [-0.3, -0.25) is 9.59 Å². The molecular weight excluding hydrogens is 254 g/mol. The molecule has 4 nitrogen and oxygen atoms in total. The van der Waals surface area contributed by atoms with Crippen molar-refractivity contribution in [2.24, 2.45) is 5.92 Å². The molecule has 0 aromatic heterocycles. The average Bonchev–Trinajstić information content (AvgIpc) is 2.67. The van der Waals surface area contributed by atoms with Crippen molar-refractivity contribution in [2.75, 3.05) is 5.32 Å². The predicted octanol–water partition coefficient (Wildman–Crippen LogP) is 2.37. The van der Waals surface area contributed by atoms with E-state index in [1.807, 2.05) is 6.07 Å². The smallest absolute Gasteiger partial charge is 0.261 e. The molecule has 1 fully saturated rings. The molecule has 1 aliphatic carbocycles. The molecule has 0 saturated heterocycles. The first-order valence-corrected chi connectivity index (χ1v) is 7.30. The first-order valence-electron chi connectivity index (χ1n) is 7.30. The van der Waals surface area contributed by atoms with E-state index in [4.69, 9.17) is 0 Å². The van der Waals surface area contributed by atoms with Gasteiger partial charge in [0.25, 0.3) is 5.91 Å². The Balaban J connectivity index is 2.01. The van der Waals surface area contributed by atoms with Crippen molar-refractivity contribution < 1.29 is 14.7 Å². The van der Waals surface area contributed by atoms with Crippen LogP contribution in [0.1, 0.15) is 44.1 Å². The van der Waals surface area contributed by atoms with Crippen molar-refractivity contribution in [1.29, 1.82) is 0 Å². The maximum Gasteiger partial charge on any atom is 0.261 e. The number of amides is 1. The van der Waals surface area contributed by atoms with Crippen LogP contribution in [0.15, 0.2) is 24.3 Å². The number of nitrogens with one attached hydrogen (secondary N) is 1. The van der Waals surface area contributed by atoms with Gasteiger partial charge < -0.3 is 10.4 Å². The van der Waals surface area contributed by atoms with Crippen molar-refractivity contribution in [1.82, 2.24) is 0 Å². The zero-order valence-electron chi connectivity index (χ0n) is 11.4. The minimum Gasteiger partial charge on any atom is -0.375 e. The van der Waals surface area contributed by atoms with Gasteiger partial charge in [-0.25, -0.2) is 0 Å². The number of para-hydroxylation sites is 1. The van der Waals surface area contributed by atoms with Crippen molar-refractivity contribution in [3.63, 3.8) is 0 Å². The Labute approximate surface area is 118 Å². The Hall–Kier alpha value is -1.68. The summed E-state index contributed by atoms with van der Waals surface area (Å²) in [7, 11) is 0. The van der Waals surface area contributed by atoms with E-state index in [0.29, 0.717) is 24.1 Å². The number of ketones is 1. The number of hydrogen-bond donors (Lipinski definition) is 2. The van der Waals surface area contributed by atoms with E-state index in [1.54, 1.807) is 18.2 Å². The highest BCUT2D eigenvalue weighted by Crippen LogP contribution is 2.44. The molecule has 20 heavy (non-hydrogen) atoms. The number of hydrogen-bond acceptors (Lipinski definition) is 3. The van der Waals surface area contributed by atoms with Crippen LogP contribution < -0.4 is 5.32 Å². The van der Waals surface area contributed by atoms with Crippen molar-refractivity contribution >= 4 is 17.4 Å². The first-order chi connectivity index (χ1) is 9.64. The van der Waals surface area contributed by atoms with Crippen molar-refractivity contribution in [2.45, 2.75) is 44.1 Å². The maximum absolute atomic E-state index is 12.4. The lowest BCUT2D eigenvalue weighted by Crippen LogP contribution is -2.45. The van der Waals surface area contributed by atoms with Gasteiger partial charge in [0, 0.05) is 17.7 Å². The number of fused-ring (bicyclic) bond motifs is 1. The summed E-state index contributed by atoms with van der Waals surface area (Å²) in [6.07, 6.45) is 4.89. The Morgan fingerprint density at radius 1 is 1.10 bits per heavy atom. The molecule has 1 aromatic rings. The molecule has 2 atom stereocenters. The highest BCUT2D eigenvalue weighted by molar-refractivity contribution is 6.07. The number of anilines is 1. The fourth-order valence-electron chi connectivity index (χ4n) is 3.39. The quantitative estimate of drug-likeness (QED) is 0.825. The summed E-state index contributed by atoms with van der Waals surface area (Å²) in [6, 6.07) is 7.10. The topological polar surface area (TPSA) is 66.4 Å². The predicted molar refractivity (Wildman–Crippen MR) is 75.2 cm³/mol. The molecule has 3 rings (SSSR count). The average molecular weight is 273 g/mol. The summed E-state index contributed by atoms with van der Waals surface area (Å²) in [5, 5.41) is 13.7. The van der Waals surface area contributed by atoms with Crippen molar-refractivity contribution in [3.05, 3.63) is 29.8 Å². The second-order valence-electron chi connectivity index (χ2n) is 5.74. The van der Waals surface area contributed by atoms with Gasteiger partial charge in [-0.1, -0.05) is 37.5 Å². The van der Waals surface area contributed by atoms with Crippen LogP contribution in [0.2, 0.25) is 0 Å². The van der Waals surface area contributed by atoms with Gasteiger partial charge in [0.05, 0.1) is 5.92 Å². The zero-order chi connectivity index (χ0) is 14.2. The molecule has 0 spiro atoms. The molecule has 1 amide bonds. The lowest BCUT2D eigenvalue weighted by atomic mass is 9.74. The molecule has 106 valence electrons. The summed E-state index contributed by atoms with van der Waals surface area (Å²) < 4.78 is 0. The number of rotatable bonds is 1. The molecule has 1 aromatic carbocycles. The number of carbonyl (C=O) groups excluding carboxylic acids is 2. The molecular formula is C16H19NO3. The van der Waals surface area contributed by atoms with E-state index in [9.17, 15) is 14.7 Å². The first kappa shape index (κ1) is 13.3. The van der Waals surface area contributed by atoms with Crippen LogP contribution in [-0.4, -0.2) is 16.8 Å². The van der Waals surface area contributed by atoms with E-state index in [1.165, 1.54) is 0 Å². The fraction of sp³-hybridized carbons (Fsp3) is 0.500. The summed E-state index contributed by atoms with van der Waals surface area (Å²) in [4.78, 5) is 24.7. The van der Waals surface area contributed by atoms with E-state index >= 15 is 0 Å². The molecule has 1 saturated carbocycles. The van der Waals surface area contributed by atoms with Crippen LogP contribution in [0.3, 0.4) is 0 Å². The van der Waals surface area contributed by atoms with Crippen molar-refractivity contribution in [3.8, 4) is 0 Å². The third kappa shape index (κ3) is 1.95. The van der Waals surface area contributed by atoms with Crippen LogP contribution in [0, 0.1) is 5.92 Å². The number of benzene rings is 1. The summed E-state index contributed by atoms with van der Waals surface area (Å²) >= 11 is 0. The molecule has 0 radical (unpaired) electrons. The minimum atomic E-state index is -1.69. The Kier molecular flexibility index (Phi) is 3.34. The normalized spacial score (nSPS) is 30.4. The molecule has 2 aliphatic rings. The third-order valence-corrected chi connectivity index (χ3v) is 4.49. The highest BCUT2D eigenvalue weighted by atomic mass is 16.3. The number of aliphatic hydroxyl groups is 1. The fourth-order valence-corrected chi connectivity index (χ4v) is 3.39. The third-order valence-electron chi connectivity index (χ3n) is 4.49. The second kappa shape index (κ2) is 5.02. The number of carbonyl (C=O) groups is 2. The molecule has 2 N–H and O–H groups in total. The molecule has 1 aliphatic heterocycles. The van der Waals surface area contributed by atoms with Crippen LogP contribution in [0.4, 0.5) is 5.69 Å². The van der Waals surface area contributed by atoms with Crippen LogP contribution >= 0.6 is 0 Å². The van der Waals surface area contributed by atoms with Gasteiger partial charge in [-0.2, -0.15) is 0 Å². The van der Waals surface area contributed by atoms with E-state index in [0.717, 1.165) is 25.7 Å². The van der Waals surface area contributed by atoms with Gasteiger partial charge >= 0.3 is 0 Å². The highest BCUT2D eigenvalue weighted by Gasteiger charge is 2.53. The Bertz CT molecular complexity index is 554. The summed E-state index contributed by atoms with van der Waals surface area (Å²) in [6.45, 7) is 0. The number of Topliss-reactive ketones (excluding diaryl/α,β-unsaturated/α-hetero) is 1. The van der Waals surface area contributed by atoms with Crippen LogP contribution in [0.5, 0.6) is 0 Å². The van der Waals surface area contributed by atoms with Gasteiger partial charge in [-0.15, -0.1) is 0 Å². The largest absolute Gasteiger partial charge is 0.375 e. The van der Waals surface area contributed by atoms with Crippen LogP contribution in [0.25, 0.3) is 0 Å². The molecule has 1 heterocycles. The van der Waals surface area contributed by atoms with E-state index in [2.05, 4.69) is 5.32 Å². The SMILES string of the molecule is O=C1CCCCCC[C@@H]1[C@]1(O)C(=O)Nc2ccccc21. The van der Waals surface area contributed by atoms with Crippen LogP contribution in [-0.2, 0) is 15.2 Å². The molecule has 0 bridgehead atoms. The standard InChI is InChI=1S/C16H19NO3/c18-14-10-4-2-1-3-8-12(14)16(20)11-7-5-6-9-13(11)17-15(16)19/h5-7,9,12,20H,1-4,8,10H2,(H,17,19)/t12-,16-/m0/s1. The lowest BCUT2D eigenvalue weighted by molar-refractivity contribution is -0.149. The Morgan fingerprint density at radius 3 is 2.70 bits per heavy atom. The van der Waals surface area contributed by atoms with E-state index in [-0.39, 0.29) is 5.78 Å². The van der Waals surface area contributed by atoms with E-state index < -0.39 is 17.4 Å². The van der Waals surface area contributed by atoms with Gasteiger partial charge in [0.1, 0.15) is 5.78 Å². The lowest BCUT2D eigenvalue weighted by Gasteiger charge is -2.31. The zero-order valence-corrected chi connectivity index (χ0v) is 11.4. The second-order valence-corrected chi connectivity index (χ2v) is 5.74. The Morgan fingerprint density at radius 2 is 1.85 bits per heavy atom. The monoisotopic (exact) mass is 273 g/mol. The molecule has 0 unspecified atom stereocenters. The van der Waals surface area contributed by atoms with Gasteiger partial charge in [0.15, 0.2) is 5.60 Å². The maximum atomic E-state index is 12.4. The van der Waals surface area contributed by atoms with Gasteiger partial charge in [-0.05, 0) is 18.9 Å². The van der Waals surface area contributed by atoms with Gasteiger partial charge in [0.2, 0.25) is 0 Å². The summed E-state index contributed by atoms with van der Waals surface area (Å²) in [5.74, 6) is -1.07. The molecule has 4 heteroatoms.